The van der Waals surface area contributed by atoms with Crippen molar-refractivity contribution in [1.82, 2.24) is 9.71 Å². The van der Waals surface area contributed by atoms with E-state index in [9.17, 15) is 18.3 Å². The topological polar surface area (TPSA) is 118 Å². The van der Waals surface area contributed by atoms with Crippen LogP contribution >= 0.6 is 0 Å². The standard InChI is InChI=1S/C15H17N3O5S/c1-23-10-9-17-24(21,22)12-6-4-11(5-7-12)15(20)18-14-13(19)3-2-8-16-14/h2-8,17,19H,9-10H2,1H3,(H,16,18,20). The zero-order chi connectivity index (χ0) is 17.6. The van der Waals surface area contributed by atoms with E-state index in [0.717, 1.165) is 0 Å². The fraction of sp³-hybridized carbons (Fsp3) is 0.200. The minimum absolute atomic E-state index is 0.0282. The highest BCUT2D eigenvalue weighted by Crippen LogP contribution is 2.19. The first-order valence-electron chi connectivity index (χ1n) is 6.98. The molecule has 1 amide bonds. The van der Waals surface area contributed by atoms with Gasteiger partial charge in [-0.1, -0.05) is 0 Å². The molecular weight excluding hydrogens is 334 g/mol. The summed E-state index contributed by atoms with van der Waals surface area (Å²) in [4.78, 5) is 16.0. The molecule has 0 saturated heterocycles. The lowest BCUT2D eigenvalue weighted by atomic mass is 10.2. The number of carbonyl (C=O) groups is 1. The number of amides is 1. The fourth-order valence-corrected chi connectivity index (χ4v) is 2.83. The van der Waals surface area contributed by atoms with E-state index in [-0.39, 0.29) is 35.2 Å². The van der Waals surface area contributed by atoms with Gasteiger partial charge in [-0.25, -0.2) is 18.1 Å². The molecular formula is C15H17N3O5S. The van der Waals surface area contributed by atoms with Crippen molar-refractivity contribution < 1.29 is 23.1 Å². The van der Waals surface area contributed by atoms with Gasteiger partial charge in [-0.3, -0.25) is 4.79 Å². The van der Waals surface area contributed by atoms with Crippen molar-refractivity contribution in [1.29, 1.82) is 0 Å². The van der Waals surface area contributed by atoms with Crippen LogP contribution in [-0.2, 0) is 14.8 Å². The molecule has 0 aliphatic heterocycles. The molecule has 1 aromatic carbocycles. The Morgan fingerprint density at radius 1 is 1.25 bits per heavy atom. The second kappa shape index (κ2) is 7.86. The molecule has 8 nitrogen and oxygen atoms in total. The molecule has 24 heavy (non-hydrogen) atoms. The number of hydrogen-bond acceptors (Lipinski definition) is 6. The van der Waals surface area contributed by atoms with Crippen LogP contribution in [0.5, 0.6) is 5.75 Å². The third-order valence-corrected chi connectivity index (χ3v) is 4.52. The van der Waals surface area contributed by atoms with Crippen LogP contribution in [0.1, 0.15) is 10.4 Å². The van der Waals surface area contributed by atoms with E-state index in [1.54, 1.807) is 0 Å². The van der Waals surface area contributed by atoms with E-state index in [1.807, 2.05) is 0 Å². The summed E-state index contributed by atoms with van der Waals surface area (Å²) < 4.78 is 31.2. The smallest absolute Gasteiger partial charge is 0.256 e. The minimum atomic E-state index is -3.65. The highest BCUT2D eigenvalue weighted by Gasteiger charge is 2.15. The van der Waals surface area contributed by atoms with Crippen LogP contribution in [0, 0.1) is 0 Å². The number of pyridine rings is 1. The summed E-state index contributed by atoms with van der Waals surface area (Å²) in [7, 11) is -2.18. The summed E-state index contributed by atoms with van der Waals surface area (Å²) in [6.07, 6.45) is 1.43. The van der Waals surface area contributed by atoms with E-state index >= 15 is 0 Å². The predicted octanol–water partition coefficient (Wildman–Crippen LogP) is 0.964. The number of aromatic hydroxyl groups is 1. The van der Waals surface area contributed by atoms with Gasteiger partial charge in [0.1, 0.15) is 0 Å². The number of nitrogens with zero attached hydrogens (tertiary/aromatic N) is 1. The Morgan fingerprint density at radius 3 is 2.58 bits per heavy atom. The van der Waals surface area contributed by atoms with E-state index < -0.39 is 15.9 Å². The van der Waals surface area contributed by atoms with Gasteiger partial charge in [-0.2, -0.15) is 0 Å². The van der Waals surface area contributed by atoms with Crippen LogP contribution in [0.3, 0.4) is 0 Å². The molecule has 0 bridgehead atoms. The third kappa shape index (κ3) is 4.51. The number of nitrogens with one attached hydrogen (secondary N) is 2. The zero-order valence-corrected chi connectivity index (χ0v) is 13.7. The molecule has 9 heteroatoms. The zero-order valence-electron chi connectivity index (χ0n) is 12.9. The van der Waals surface area contributed by atoms with Gasteiger partial charge in [-0.15, -0.1) is 0 Å². The summed E-state index contributed by atoms with van der Waals surface area (Å²) in [5.74, 6) is -0.645. The average molecular weight is 351 g/mol. The number of methoxy groups -OCH3 is 1. The average Bonchev–Trinajstić information content (AvgIpc) is 2.57. The Hall–Kier alpha value is -2.49. The SMILES string of the molecule is COCCNS(=O)(=O)c1ccc(C(=O)Nc2ncccc2O)cc1. The number of ether oxygens (including phenoxy) is 1. The van der Waals surface area contributed by atoms with Crippen LogP contribution < -0.4 is 10.0 Å². The second-order valence-electron chi connectivity index (χ2n) is 4.74. The van der Waals surface area contributed by atoms with Gasteiger partial charge in [0.2, 0.25) is 10.0 Å². The van der Waals surface area contributed by atoms with Crippen LogP contribution in [0.15, 0.2) is 47.5 Å². The predicted molar refractivity (Wildman–Crippen MR) is 87.4 cm³/mol. The summed E-state index contributed by atoms with van der Waals surface area (Å²) in [6, 6.07) is 8.32. The van der Waals surface area contributed by atoms with Crippen molar-refractivity contribution in [2.45, 2.75) is 4.90 Å². The maximum atomic E-state index is 12.1. The lowest BCUT2D eigenvalue weighted by Crippen LogP contribution is -2.27. The largest absolute Gasteiger partial charge is 0.504 e. The van der Waals surface area contributed by atoms with Gasteiger partial charge in [0.05, 0.1) is 11.5 Å². The van der Waals surface area contributed by atoms with Crippen molar-refractivity contribution in [3.05, 3.63) is 48.2 Å². The lowest BCUT2D eigenvalue weighted by Gasteiger charge is -2.08. The van der Waals surface area contributed by atoms with Crippen molar-refractivity contribution in [2.24, 2.45) is 0 Å². The van der Waals surface area contributed by atoms with Crippen LogP contribution in [-0.4, -0.2) is 44.7 Å². The van der Waals surface area contributed by atoms with Crippen molar-refractivity contribution in [2.75, 3.05) is 25.6 Å². The highest BCUT2D eigenvalue weighted by molar-refractivity contribution is 7.89. The Balaban J connectivity index is 2.09. The Labute approximate surface area is 139 Å². The normalized spacial score (nSPS) is 11.2. The molecule has 0 fully saturated rings. The van der Waals surface area contributed by atoms with Crippen molar-refractivity contribution >= 4 is 21.7 Å². The molecule has 1 aromatic heterocycles. The molecule has 0 atom stereocenters. The van der Waals surface area contributed by atoms with Gasteiger partial charge in [-0.05, 0) is 36.4 Å². The lowest BCUT2D eigenvalue weighted by molar-refractivity contribution is 0.102. The van der Waals surface area contributed by atoms with E-state index in [2.05, 4.69) is 15.0 Å². The fourth-order valence-electron chi connectivity index (χ4n) is 1.82. The molecule has 2 rings (SSSR count). The summed E-state index contributed by atoms with van der Waals surface area (Å²) in [5, 5.41) is 12.0. The second-order valence-corrected chi connectivity index (χ2v) is 6.51. The van der Waals surface area contributed by atoms with Crippen LogP contribution in [0.25, 0.3) is 0 Å². The first-order valence-corrected chi connectivity index (χ1v) is 8.46. The number of benzene rings is 1. The van der Waals surface area contributed by atoms with E-state index in [1.165, 1.54) is 49.7 Å². The number of anilines is 1. The third-order valence-electron chi connectivity index (χ3n) is 3.04. The molecule has 0 aliphatic carbocycles. The van der Waals surface area contributed by atoms with Crippen LogP contribution in [0.2, 0.25) is 0 Å². The van der Waals surface area contributed by atoms with Gasteiger partial charge in [0, 0.05) is 25.4 Å². The number of carbonyl (C=O) groups excluding carboxylic acids is 1. The maximum Gasteiger partial charge on any atom is 0.256 e. The monoisotopic (exact) mass is 351 g/mol. The molecule has 2 aromatic rings. The maximum absolute atomic E-state index is 12.1. The molecule has 128 valence electrons. The molecule has 0 unspecified atom stereocenters. The molecule has 1 heterocycles. The Bertz CT molecular complexity index is 806. The molecule has 0 radical (unpaired) electrons. The van der Waals surface area contributed by atoms with E-state index in [4.69, 9.17) is 4.74 Å². The summed E-state index contributed by atoms with van der Waals surface area (Å²) in [5.41, 5.74) is 0.232. The first kappa shape index (κ1) is 17.9. The first-order chi connectivity index (χ1) is 11.4. The van der Waals surface area contributed by atoms with Gasteiger partial charge < -0.3 is 15.2 Å². The van der Waals surface area contributed by atoms with E-state index in [0.29, 0.717) is 0 Å². The van der Waals surface area contributed by atoms with Crippen molar-refractivity contribution in [3.63, 3.8) is 0 Å². The molecule has 0 saturated carbocycles. The molecule has 0 spiro atoms. The van der Waals surface area contributed by atoms with Gasteiger partial charge >= 0.3 is 0 Å². The molecule has 3 N–H and O–H groups in total. The minimum Gasteiger partial charge on any atom is -0.504 e. The van der Waals surface area contributed by atoms with Crippen molar-refractivity contribution in [3.8, 4) is 5.75 Å². The van der Waals surface area contributed by atoms with Gasteiger partial charge in [0.15, 0.2) is 11.6 Å². The summed E-state index contributed by atoms with van der Waals surface area (Å²) >= 11 is 0. The summed E-state index contributed by atoms with van der Waals surface area (Å²) in [6.45, 7) is 0.410. The Morgan fingerprint density at radius 2 is 1.96 bits per heavy atom. The number of sulfonamides is 1. The number of rotatable bonds is 7. The quantitative estimate of drug-likeness (QED) is 0.640. The highest BCUT2D eigenvalue weighted by atomic mass is 32.2. The molecule has 0 aliphatic rings. The van der Waals surface area contributed by atoms with Crippen LogP contribution in [0.4, 0.5) is 5.82 Å². The number of hydrogen-bond donors (Lipinski definition) is 3. The number of aromatic nitrogens is 1. The van der Waals surface area contributed by atoms with Gasteiger partial charge in [0.25, 0.3) is 5.91 Å². The Kier molecular flexibility index (Phi) is 5.85.